The van der Waals surface area contributed by atoms with Crippen LogP contribution in [0.1, 0.15) is 40.3 Å². The average Bonchev–Trinajstić information content (AvgIpc) is 3.31. The van der Waals surface area contributed by atoms with Crippen LogP contribution in [0.5, 0.6) is 0 Å². The van der Waals surface area contributed by atoms with Crippen LogP contribution in [0.4, 0.5) is 0 Å². The van der Waals surface area contributed by atoms with E-state index < -0.39 is 17.7 Å². The second-order valence-corrected chi connectivity index (χ2v) is 7.84. The standard InChI is InChI=1S/C20H21NO5S/c1-20(2,13-26-19(24)14-7-4-3-5-8-14)21-17(23)12-25-18(21)11-15(22)16-9-6-10-27-16/h3-10,18H,11-13H2,1-2H3. The Morgan fingerprint density at radius 1 is 1.22 bits per heavy atom. The first kappa shape index (κ1) is 19.3. The fourth-order valence-corrected chi connectivity index (χ4v) is 3.69. The minimum absolute atomic E-state index is 0.000476. The summed E-state index contributed by atoms with van der Waals surface area (Å²) in [5.74, 6) is -0.756. The number of Topliss-reactive ketones (excluding diaryl/α,β-unsaturated/α-hetero) is 1. The number of benzene rings is 1. The third-order valence-electron chi connectivity index (χ3n) is 4.33. The van der Waals surface area contributed by atoms with E-state index in [9.17, 15) is 14.4 Å². The Kier molecular flexibility index (Phi) is 5.72. The number of thiophene rings is 1. The summed E-state index contributed by atoms with van der Waals surface area (Å²) in [5.41, 5.74) is -0.361. The number of nitrogens with zero attached hydrogens (tertiary/aromatic N) is 1. The number of esters is 1. The topological polar surface area (TPSA) is 72.9 Å². The third kappa shape index (κ3) is 4.43. The molecule has 1 saturated heterocycles. The van der Waals surface area contributed by atoms with E-state index in [1.807, 2.05) is 17.5 Å². The maximum absolute atomic E-state index is 12.4. The summed E-state index contributed by atoms with van der Waals surface area (Å²) >= 11 is 1.36. The molecular formula is C20H21NO5S. The summed E-state index contributed by atoms with van der Waals surface area (Å²) in [6.07, 6.45) is -0.597. The van der Waals surface area contributed by atoms with E-state index in [1.165, 1.54) is 16.2 Å². The first-order chi connectivity index (χ1) is 12.9. The number of carbonyl (C=O) groups excluding carboxylic acids is 3. The molecule has 7 heteroatoms. The van der Waals surface area contributed by atoms with Crippen molar-refractivity contribution in [2.75, 3.05) is 13.2 Å². The lowest BCUT2D eigenvalue weighted by atomic mass is 10.0. The predicted molar refractivity (Wildman–Crippen MR) is 101 cm³/mol. The zero-order valence-electron chi connectivity index (χ0n) is 15.2. The fraction of sp³-hybridized carbons (Fsp3) is 0.350. The van der Waals surface area contributed by atoms with Gasteiger partial charge in [-0.2, -0.15) is 0 Å². The molecular weight excluding hydrogens is 366 g/mol. The van der Waals surface area contributed by atoms with Gasteiger partial charge in [0.2, 0.25) is 0 Å². The minimum Gasteiger partial charge on any atom is -0.460 e. The summed E-state index contributed by atoms with van der Waals surface area (Å²) in [5, 5.41) is 1.83. The van der Waals surface area contributed by atoms with E-state index in [0.29, 0.717) is 10.4 Å². The Morgan fingerprint density at radius 2 is 1.96 bits per heavy atom. The van der Waals surface area contributed by atoms with Crippen LogP contribution in [0.15, 0.2) is 47.8 Å². The van der Waals surface area contributed by atoms with Crippen LogP contribution in [0.3, 0.4) is 0 Å². The molecule has 1 unspecified atom stereocenters. The molecule has 6 nitrogen and oxygen atoms in total. The highest BCUT2D eigenvalue weighted by molar-refractivity contribution is 7.12. The fourth-order valence-electron chi connectivity index (χ4n) is 3.02. The van der Waals surface area contributed by atoms with E-state index >= 15 is 0 Å². The van der Waals surface area contributed by atoms with Crippen molar-refractivity contribution < 1.29 is 23.9 Å². The highest BCUT2D eigenvalue weighted by Gasteiger charge is 2.43. The van der Waals surface area contributed by atoms with Gasteiger partial charge in [-0.1, -0.05) is 24.3 Å². The Bertz CT molecular complexity index is 816. The SMILES string of the molecule is CC(C)(COC(=O)c1ccccc1)N1C(=O)COC1CC(=O)c1cccs1. The molecule has 0 aliphatic carbocycles. The van der Waals surface area contributed by atoms with Crippen LogP contribution < -0.4 is 0 Å². The van der Waals surface area contributed by atoms with Gasteiger partial charge in [0.05, 0.1) is 22.4 Å². The lowest BCUT2D eigenvalue weighted by Gasteiger charge is -2.37. The minimum atomic E-state index is -0.807. The van der Waals surface area contributed by atoms with Crippen molar-refractivity contribution in [3.05, 3.63) is 58.3 Å². The summed E-state index contributed by atoms with van der Waals surface area (Å²) in [6.45, 7) is 3.50. The van der Waals surface area contributed by atoms with Gasteiger partial charge in [-0.25, -0.2) is 4.79 Å². The van der Waals surface area contributed by atoms with Crippen LogP contribution in [0.25, 0.3) is 0 Å². The molecule has 1 aromatic carbocycles. The predicted octanol–water partition coefficient (Wildman–Crippen LogP) is 3.14. The first-order valence-corrected chi connectivity index (χ1v) is 9.49. The van der Waals surface area contributed by atoms with Gasteiger partial charge in [0.25, 0.3) is 5.91 Å². The van der Waals surface area contributed by atoms with Crippen molar-refractivity contribution in [3.63, 3.8) is 0 Å². The van der Waals surface area contributed by atoms with Gasteiger partial charge >= 0.3 is 5.97 Å². The molecule has 0 bridgehead atoms. The van der Waals surface area contributed by atoms with Crippen LogP contribution in [-0.4, -0.2) is 47.5 Å². The number of rotatable bonds is 7. The monoisotopic (exact) mass is 387 g/mol. The van der Waals surface area contributed by atoms with Crippen LogP contribution in [0, 0.1) is 0 Å². The van der Waals surface area contributed by atoms with Gasteiger partial charge in [0.1, 0.15) is 19.4 Å². The summed E-state index contributed by atoms with van der Waals surface area (Å²) in [4.78, 5) is 39.1. The van der Waals surface area contributed by atoms with Crippen molar-refractivity contribution in [2.45, 2.75) is 32.0 Å². The van der Waals surface area contributed by atoms with Gasteiger partial charge < -0.3 is 14.4 Å². The summed E-state index contributed by atoms with van der Waals surface area (Å²) in [6, 6.07) is 12.2. The molecule has 1 amide bonds. The Labute approximate surface area is 161 Å². The van der Waals surface area contributed by atoms with E-state index in [2.05, 4.69) is 0 Å². The smallest absolute Gasteiger partial charge is 0.338 e. The number of ether oxygens (including phenoxy) is 2. The number of hydrogen-bond donors (Lipinski definition) is 0. The van der Waals surface area contributed by atoms with Gasteiger partial charge in [-0.15, -0.1) is 11.3 Å². The molecule has 0 N–H and O–H groups in total. The highest BCUT2D eigenvalue weighted by atomic mass is 32.1. The number of carbonyl (C=O) groups is 3. The maximum atomic E-state index is 12.4. The van der Waals surface area contributed by atoms with Gasteiger partial charge in [-0.3, -0.25) is 9.59 Å². The highest BCUT2D eigenvalue weighted by Crippen LogP contribution is 2.28. The van der Waals surface area contributed by atoms with Crippen LogP contribution in [-0.2, 0) is 14.3 Å². The van der Waals surface area contributed by atoms with E-state index in [0.717, 1.165) is 0 Å². The molecule has 1 aromatic heterocycles. The molecule has 2 heterocycles. The first-order valence-electron chi connectivity index (χ1n) is 8.61. The van der Waals surface area contributed by atoms with Crippen molar-refractivity contribution >= 4 is 29.0 Å². The quantitative estimate of drug-likeness (QED) is 0.539. The second-order valence-electron chi connectivity index (χ2n) is 6.89. The number of ketones is 1. The molecule has 1 aliphatic rings. The molecule has 142 valence electrons. The molecule has 3 rings (SSSR count). The lowest BCUT2D eigenvalue weighted by molar-refractivity contribution is -0.135. The van der Waals surface area contributed by atoms with Gasteiger partial charge in [-0.05, 0) is 37.4 Å². The largest absolute Gasteiger partial charge is 0.460 e. The second kappa shape index (κ2) is 8.02. The van der Waals surface area contributed by atoms with Gasteiger partial charge in [0.15, 0.2) is 5.78 Å². The molecule has 1 atom stereocenters. The average molecular weight is 387 g/mol. The molecule has 0 spiro atoms. The molecule has 0 radical (unpaired) electrons. The molecule has 2 aromatic rings. The molecule has 1 fully saturated rings. The van der Waals surface area contributed by atoms with E-state index in [1.54, 1.807) is 44.2 Å². The van der Waals surface area contributed by atoms with E-state index in [-0.39, 0.29) is 31.3 Å². The third-order valence-corrected chi connectivity index (χ3v) is 5.24. The molecule has 0 saturated carbocycles. The van der Waals surface area contributed by atoms with Crippen molar-refractivity contribution in [1.82, 2.24) is 4.90 Å². The summed E-state index contributed by atoms with van der Waals surface area (Å²) < 4.78 is 11.0. The lowest BCUT2D eigenvalue weighted by Crippen LogP contribution is -2.53. The molecule has 27 heavy (non-hydrogen) atoms. The zero-order chi connectivity index (χ0) is 19.4. The van der Waals surface area contributed by atoms with Crippen LogP contribution >= 0.6 is 11.3 Å². The van der Waals surface area contributed by atoms with Gasteiger partial charge in [0, 0.05) is 0 Å². The Hall–Kier alpha value is -2.51. The van der Waals surface area contributed by atoms with Crippen molar-refractivity contribution in [3.8, 4) is 0 Å². The van der Waals surface area contributed by atoms with Crippen molar-refractivity contribution in [1.29, 1.82) is 0 Å². The Balaban J connectivity index is 1.66. The molecule has 1 aliphatic heterocycles. The van der Waals surface area contributed by atoms with Crippen molar-refractivity contribution in [2.24, 2.45) is 0 Å². The maximum Gasteiger partial charge on any atom is 0.338 e. The zero-order valence-corrected chi connectivity index (χ0v) is 16.0. The number of amides is 1. The van der Waals surface area contributed by atoms with Crippen LogP contribution in [0.2, 0.25) is 0 Å². The number of hydrogen-bond acceptors (Lipinski definition) is 6. The summed E-state index contributed by atoms with van der Waals surface area (Å²) in [7, 11) is 0. The normalized spacial score (nSPS) is 17.2. The Morgan fingerprint density at radius 3 is 2.63 bits per heavy atom. The van der Waals surface area contributed by atoms with E-state index in [4.69, 9.17) is 9.47 Å².